The number of benzene rings is 2. The van der Waals surface area contributed by atoms with Crippen LogP contribution in [-0.2, 0) is 27.5 Å². The van der Waals surface area contributed by atoms with Crippen LogP contribution in [0.5, 0.6) is 0 Å². The fraction of sp³-hybridized carbons (Fsp3) is 0.524. The molecule has 4 bridgehead atoms. The second-order valence-corrected chi connectivity index (χ2v) is 17.8. The number of oxime groups is 1. The van der Waals surface area contributed by atoms with Crippen molar-refractivity contribution in [2.24, 2.45) is 28.8 Å². The molecule has 2 heterocycles. The first-order valence-corrected chi connectivity index (χ1v) is 21.1. The average Bonchev–Trinajstić information content (AvgIpc) is 4.09. The highest BCUT2D eigenvalue weighted by molar-refractivity contribution is 6.39. The van der Waals surface area contributed by atoms with Crippen molar-refractivity contribution < 1.29 is 28.5 Å². The number of aromatic nitrogens is 2. The lowest BCUT2D eigenvalue weighted by Gasteiger charge is -2.28. The zero-order chi connectivity index (χ0) is 37.8. The van der Waals surface area contributed by atoms with E-state index in [0.717, 1.165) is 105 Å². The molecule has 9 nitrogen and oxygen atoms in total. The van der Waals surface area contributed by atoms with Crippen LogP contribution in [0.15, 0.2) is 50.6 Å². The SMILES string of the molecule is O=C1C2CCC1CC(OCc1c(-c3c(Cl)cccc3Cl)noc1C1CC1)C2.ON=C1C2CCC1CC(OCc1c(-c3c(Cl)cccc3Cl)noc1C1CC1)C2. The fourth-order valence-electron chi connectivity index (χ4n) is 9.39. The summed E-state index contributed by atoms with van der Waals surface area (Å²) in [5.41, 5.74) is 5.67. The highest BCUT2D eigenvalue weighted by Gasteiger charge is 2.43. The number of carbonyl (C=O) groups excluding carboxylic acids is 1. The second kappa shape index (κ2) is 15.8. The minimum Gasteiger partial charge on any atom is -0.411 e. The zero-order valence-electron chi connectivity index (χ0n) is 30.3. The third-order valence-corrected chi connectivity index (χ3v) is 13.8. The summed E-state index contributed by atoms with van der Waals surface area (Å²) in [6, 6.07) is 10.9. The van der Waals surface area contributed by atoms with Crippen LogP contribution in [0, 0.1) is 23.7 Å². The van der Waals surface area contributed by atoms with E-state index in [9.17, 15) is 10.0 Å². The van der Waals surface area contributed by atoms with Gasteiger partial charge in [-0.3, -0.25) is 4.79 Å². The van der Waals surface area contributed by atoms with Gasteiger partial charge in [-0.25, -0.2) is 0 Å². The van der Waals surface area contributed by atoms with Crippen LogP contribution >= 0.6 is 46.4 Å². The Balaban J connectivity index is 0.000000144. The second-order valence-electron chi connectivity index (χ2n) is 16.2. The maximum absolute atomic E-state index is 12.1. The molecule has 13 heteroatoms. The Morgan fingerprint density at radius 3 is 1.35 bits per heavy atom. The summed E-state index contributed by atoms with van der Waals surface area (Å²) in [6.07, 6.45) is 12.4. The molecule has 2 aromatic carbocycles. The molecule has 55 heavy (non-hydrogen) atoms. The van der Waals surface area contributed by atoms with Crippen molar-refractivity contribution in [1.29, 1.82) is 0 Å². The molecule has 6 aliphatic rings. The number of hydrogen-bond acceptors (Lipinski definition) is 9. The average molecular weight is 828 g/mol. The quantitative estimate of drug-likeness (QED) is 0.124. The summed E-state index contributed by atoms with van der Waals surface area (Å²) in [5.74, 6) is 4.15. The topological polar surface area (TPSA) is 120 Å². The summed E-state index contributed by atoms with van der Waals surface area (Å²) in [5, 5.41) is 23.7. The van der Waals surface area contributed by atoms with E-state index < -0.39 is 0 Å². The van der Waals surface area contributed by atoms with Crippen molar-refractivity contribution in [2.45, 2.75) is 114 Å². The van der Waals surface area contributed by atoms with Crippen molar-refractivity contribution >= 4 is 57.9 Å². The van der Waals surface area contributed by atoms with Crippen molar-refractivity contribution in [2.75, 3.05) is 0 Å². The number of nitrogens with zero attached hydrogens (tertiary/aromatic N) is 3. The van der Waals surface area contributed by atoms with Gasteiger partial charge >= 0.3 is 0 Å². The first-order chi connectivity index (χ1) is 26.8. The molecule has 4 unspecified atom stereocenters. The van der Waals surface area contributed by atoms with Crippen molar-refractivity contribution in [3.63, 3.8) is 0 Å². The highest BCUT2D eigenvalue weighted by Crippen LogP contribution is 2.49. The summed E-state index contributed by atoms with van der Waals surface area (Å²) in [4.78, 5) is 12.1. The Bertz CT molecular complexity index is 2040. The maximum atomic E-state index is 12.1. The van der Waals surface area contributed by atoms with Crippen molar-refractivity contribution in [3.8, 4) is 22.5 Å². The van der Waals surface area contributed by atoms with E-state index in [1.165, 1.54) is 0 Å². The number of ketones is 1. The van der Waals surface area contributed by atoms with Crippen molar-refractivity contribution in [3.05, 3.63) is 79.1 Å². The Morgan fingerprint density at radius 2 is 0.964 bits per heavy atom. The molecule has 0 amide bonds. The van der Waals surface area contributed by atoms with Gasteiger partial charge in [0, 0.05) is 57.8 Å². The molecule has 4 aromatic rings. The number of halogens is 4. The Kier molecular flexibility index (Phi) is 10.8. The molecule has 10 rings (SSSR count). The molecule has 2 aromatic heterocycles. The lowest BCUT2D eigenvalue weighted by atomic mass is 9.85. The van der Waals surface area contributed by atoms with Gasteiger partial charge in [0.2, 0.25) is 0 Å². The first-order valence-electron chi connectivity index (χ1n) is 19.6. The predicted octanol–water partition coefficient (Wildman–Crippen LogP) is 11.9. The van der Waals surface area contributed by atoms with Gasteiger partial charge in [0.1, 0.15) is 28.7 Å². The van der Waals surface area contributed by atoms with Gasteiger partial charge in [0.15, 0.2) is 0 Å². The molecule has 6 aliphatic carbocycles. The van der Waals surface area contributed by atoms with Crippen LogP contribution < -0.4 is 0 Å². The molecule has 0 saturated heterocycles. The molecule has 6 saturated carbocycles. The molecule has 0 spiro atoms. The Hall–Kier alpha value is -2.92. The monoisotopic (exact) mass is 825 g/mol. The number of Topliss-reactive ketones (excluding diaryl/α,β-unsaturated/α-hetero) is 1. The predicted molar refractivity (Wildman–Crippen MR) is 210 cm³/mol. The van der Waals surface area contributed by atoms with E-state index in [0.29, 0.717) is 85.3 Å². The minimum atomic E-state index is 0.122. The zero-order valence-corrected chi connectivity index (χ0v) is 33.3. The maximum Gasteiger partial charge on any atom is 0.145 e. The molecule has 0 aliphatic heterocycles. The normalized spacial score (nSPS) is 27.0. The van der Waals surface area contributed by atoms with Crippen LogP contribution in [0.25, 0.3) is 22.5 Å². The molecule has 0 radical (unpaired) electrons. The van der Waals surface area contributed by atoms with Gasteiger partial charge in [-0.1, -0.05) is 74.0 Å². The summed E-state index contributed by atoms with van der Waals surface area (Å²) >= 11 is 25.7. The minimum absolute atomic E-state index is 0.122. The first kappa shape index (κ1) is 37.6. The third-order valence-electron chi connectivity index (χ3n) is 12.5. The summed E-state index contributed by atoms with van der Waals surface area (Å²) in [7, 11) is 0. The summed E-state index contributed by atoms with van der Waals surface area (Å²) < 4.78 is 24.0. The molecule has 6 fully saturated rings. The van der Waals surface area contributed by atoms with E-state index >= 15 is 0 Å². The largest absolute Gasteiger partial charge is 0.411 e. The lowest BCUT2D eigenvalue weighted by molar-refractivity contribution is -0.130. The van der Waals surface area contributed by atoms with Crippen molar-refractivity contribution in [1.82, 2.24) is 10.3 Å². The van der Waals surface area contributed by atoms with Crippen LogP contribution in [0.2, 0.25) is 20.1 Å². The van der Waals surface area contributed by atoms with E-state index in [1.807, 2.05) is 36.4 Å². The van der Waals surface area contributed by atoms with Crippen LogP contribution in [0.3, 0.4) is 0 Å². The van der Waals surface area contributed by atoms with Crippen LogP contribution in [0.4, 0.5) is 0 Å². The van der Waals surface area contributed by atoms with Gasteiger partial charge in [-0.2, -0.15) is 0 Å². The molecule has 4 atom stereocenters. The highest BCUT2D eigenvalue weighted by atomic mass is 35.5. The van der Waals surface area contributed by atoms with E-state index in [-0.39, 0.29) is 24.0 Å². The number of rotatable bonds is 10. The van der Waals surface area contributed by atoms with Gasteiger partial charge in [0.05, 0.1) is 51.2 Å². The third kappa shape index (κ3) is 7.62. The Labute approximate surface area is 340 Å². The van der Waals surface area contributed by atoms with Crippen LogP contribution in [-0.4, -0.2) is 39.2 Å². The lowest BCUT2D eigenvalue weighted by Crippen LogP contribution is -2.31. The Morgan fingerprint density at radius 1 is 0.600 bits per heavy atom. The van der Waals surface area contributed by atoms with Gasteiger partial charge in [-0.15, -0.1) is 0 Å². The number of fused-ring (bicyclic) bond motifs is 4. The number of carbonyl (C=O) groups is 1. The molecular weight excluding hydrogens is 784 g/mol. The number of hydrogen-bond donors (Lipinski definition) is 1. The number of ether oxygens (including phenoxy) is 2. The molecule has 1 N–H and O–H groups in total. The van der Waals surface area contributed by atoms with E-state index in [1.54, 1.807) is 0 Å². The fourth-order valence-corrected chi connectivity index (χ4v) is 10.5. The standard InChI is InChI=1S/C21H22Cl2N2O3.C21H21Cl2NO3/c22-16-2-1-3-17(23)18(16)20-15(21(28-25-20)11-4-5-11)10-27-14-8-12-6-7-13(9-14)19(12)24-26;22-16-2-1-3-17(23)18(16)19-15(21(27-24-19)11-4-5-11)10-26-14-8-12-6-7-13(9-14)20(12)25/h1-3,11-14,26H,4-10H2;1-3,11-14H,4-10H2. The van der Waals surface area contributed by atoms with Gasteiger partial charge in [-0.05, 0) is 101 Å². The van der Waals surface area contributed by atoms with E-state index in [4.69, 9.17) is 64.9 Å². The summed E-state index contributed by atoms with van der Waals surface area (Å²) in [6.45, 7) is 0.854. The van der Waals surface area contributed by atoms with Crippen LogP contribution in [0.1, 0.15) is 112 Å². The van der Waals surface area contributed by atoms with Gasteiger partial charge in [0.25, 0.3) is 0 Å². The molecule has 290 valence electrons. The molecular formula is C42H43Cl4N3O6. The van der Waals surface area contributed by atoms with E-state index in [2.05, 4.69) is 15.5 Å². The van der Waals surface area contributed by atoms with Gasteiger partial charge < -0.3 is 23.7 Å². The smallest absolute Gasteiger partial charge is 0.145 e.